The molecule has 0 fully saturated rings. The second kappa shape index (κ2) is 15.6. The fraction of sp³-hybridized carbons (Fsp3) is 0.378. The van der Waals surface area contributed by atoms with Crippen LogP contribution in [0.3, 0.4) is 0 Å². The zero-order valence-electron chi connectivity index (χ0n) is 29.6. The lowest BCUT2D eigenvalue weighted by atomic mass is 10.1. The number of amides is 1. The van der Waals surface area contributed by atoms with Crippen molar-refractivity contribution < 1.29 is 23.6 Å². The van der Waals surface area contributed by atoms with Crippen molar-refractivity contribution in [3.63, 3.8) is 0 Å². The molecule has 1 aromatic carbocycles. The lowest BCUT2D eigenvalue weighted by Gasteiger charge is -2.28. The van der Waals surface area contributed by atoms with E-state index in [1.54, 1.807) is 30.6 Å². The Kier molecular flexibility index (Phi) is 11.6. The molecule has 0 atom stereocenters. The largest absolute Gasteiger partial charge is 0.489 e. The molecule has 11 heteroatoms. The Labute approximate surface area is 284 Å². The summed E-state index contributed by atoms with van der Waals surface area (Å²) in [6.45, 7) is 18.9. The number of ether oxygens (including phenoxy) is 3. The fourth-order valence-corrected chi connectivity index (χ4v) is 5.09. The molecule has 0 aliphatic carbocycles. The number of methoxy groups -OCH3 is 1. The van der Waals surface area contributed by atoms with Gasteiger partial charge in [0.15, 0.2) is 0 Å². The highest BCUT2D eigenvalue weighted by molar-refractivity contribution is 6.11. The number of aliphatic imine (C=N–C) groups is 1. The highest BCUT2D eigenvalue weighted by Gasteiger charge is 2.31. The topological polar surface area (TPSA) is 104 Å². The Balaban J connectivity index is 1.63. The van der Waals surface area contributed by atoms with Crippen molar-refractivity contribution in [3.8, 4) is 17.4 Å². The van der Waals surface area contributed by atoms with Gasteiger partial charge < -0.3 is 24.4 Å². The van der Waals surface area contributed by atoms with E-state index in [9.17, 15) is 4.79 Å². The molecule has 254 valence electrons. The molecule has 48 heavy (non-hydrogen) atoms. The average Bonchev–Trinajstić information content (AvgIpc) is 3.04. The third-order valence-electron chi connectivity index (χ3n) is 7.61. The van der Waals surface area contributed by atoms with Gasteiger partial charge in [-0.1, -0.05) is 19.6 Å². The first kappa shape index (κ1) is 35.7. The van der Waals surface area contributed by atoms with Crippen molar-refractivity contribution in [3.05, 3.63) is 84.0 Å². The maximum atomic E-state index is 12.6. The first-order chi connectivity index (χ1) is 22.8. The van der Waals surface area contributed by atoms with Gasteiger partial charge in [0, 0.05) is 30.6 Å². The number of aryl methyl sites for hydroxylation is 3. The van der Waals surface area contributed by atoms with E-state index in [-0.39, 0.29) is 6.09 Å². The van der Waals surface area contributed by atoms with E-state index in [0.29, 0.717) is 48.7 Å². The van der Waals surface area contributed by atoms with Crippen molar-refractivity contribution in [2.24, 2.45) is 4.99 Å². The molecule has 0 saturated heterocycles. The summed E-state index contributed by atoms with van der Waals surface area (Å²) in [5.74, 6) is 3.04. The van der Waals surface area contributed by atoms with Crippen LogP contribution in [0.1, 0.15) is 56.4 Å². The molecule has 2 aromatic heterocycles. The predicted molar refractivity (Wildman–Crippen MR) is 193 cm³/mol. The first-order valence-corrected chi connectivity index (χ1v) is 16.1. The van der Waals surface area contributed by atoms with E-state index in [1.165, 1.54) is 0 Å². The van der Waals surface area contributed by atoms with Crippen molar-refractivity contribution in [1.82, 2.24) is 14.9 Å². The van der Waals surface area contributed by atoms with Crippen LogP contribution in [-0.4, -0.2) is 77.0 Å². The number of carbonyl (C=O) groups excluding carboxylic acids is 1. The maximum absolute atomic E-state index is 12.6. The number of benzene rings is 1. The molecule has 11 nitrogen and oxygen atoms in total. The molecule has 3 heterocycles. The van der Waals surface area contributed by atoms with Gasteiger partial charge in [-0.05, 0) is 88.5 Å². The van der Waals surface area contributed by atoms with Crippen LogP contribution in [0.5, 0.6) is 17.4 Å². The summed E-state index contributed by atoms with van der Waals surface area (Å²) in [6.07, 6.45) is 11.6. The summed E-state index contributed by atoms with van der Waals surface area (Å²) in [5, 5.41) is 3.52. The van der Waals surface area contributed by atoms with Crippen LogP contribution in [0.15, 0.2) is 66.7 Å². The van der Waals surface area contributed by atoms with E-state index in [4.69, 9.17) is 24.2 Å². The van der Waals surface area contributed by atoms with Gasteiger partial charge in [0.1, 0.15) is 29.9 Å². The maximum Gasteiger partial charge on any atom is 0.410 e. The van der Waals surface area contributed by atoms with Crippen LogP contribution >= 0.6 is 0 Å². The number of hydrogen-bond donors (Lipinski definition) is 1. The summed E-state index contributed by atoms with van der Waals surface area (Å²) in [6, 6.07) is 7.78. The monoisotopic (exact) mass is 654 g/mol. The minimum Gasteiger partial charge on any atom is -0.489 e. The molecule has 0 radical (unpaired) electrons. The van der Waals surface area contributed by atoms with Gasteiger partial charge in [0.2, 0.25) is 11.6 Å². The number of pyridine rings is 2. The molecule has 0 saturated carbocycles. The van der Waals surface area contributed by atoms with Crippen LogP contribution in [0.2, 0.25) is 0 Å². The van der Waals surface area contributed by atoms with Crippen molar-refractivity contribution in [2.75, 3.05) is 44.0 Å². The van der Waals surface area contributed by atoms with Crippen LogP contribution in [-0.2, 0) is 4.74 Å². The van der Waals surface area contributed by atoms with E-state index in [0.717, 1.165) is 40.0 Å². The van der Waals surface area contributed by atoms with Gasteiger partial charge in [-0.25, -0.2) is 19.3 Å². The smallest absolute Gasteiger partial charge is 0.410 e. The standard InChI is InChI=1S/C37H48N7O4/c1-11-13-16-38-34(41-28-14-15-30(26(4)21-28)47-31-22-25(3)29(24-39-31)42(9)12-2)32-27(5)23-40-35(33(32)46-10)43-17-19-44(20-18-43)36(45)48-37(6,7)8/h12-17,21-24H,2,11,18-20H2,1,3-10H3,(H,38,41)/q+1/b16-13+. The minimum atomic E-state index is -0.558. The number of nitrogens with one attached hydrogen (secondary N) is 1. The number of carbonyl (C=O) groups is 1. The van der Waals surface area contributed by atoms with E-state index in [2.05, 4.69) is 23.8 Å². The van der Waals surface area contributed by atoms with Crippen LogP contribution in [0.25, 0.3) is 0 Å². The normalized spacial score (nSPS) is 13.6. The Morgan fingerprint density at radius 2 is 1.92 bits per heavy atom. The summed E-state index contributed by atoms with van der Waals surface area (Å²) >= 11 is 0. The van der Waals surface area contributed by atoms with Gasteiger partial charge >= 0.3 is 11.9 Å². The first-order valence-electron chi connectivity index (χ1n) is 16.1. The third-order valence-corrected chi connectivity index (χ3v) is 7.61. The highest BCUT2D eigenvalue weighted by Crippen LogP contribution is 2.34. The molecule has 3 aromatic rings. The van der Waals surface area contributed by atoms with Gasteiger partial charge in [0.05, 0.1) is 43.9 Å². The average molecular weight is 655 g/mol. The van der Waals surface area contributed by atoms with E-state index >= 15 is 0 Å². The zero-order valence-corrected chi connectivity index (χ0v) is 29.6. The van der Waals surface area contributed by atoms with Gasteiger partial charge in [-0.15, -0.1) is 0 Å². The Hall–Kier alpha value is -5.19. The van der Waals surface area contributed by atoms with Gasteiger partial charge in [-0.2, -0.15) is 0 Å². The Morgan fingerprint density at radius 1 is 1.15 bits per heavy atom. The fourth-order valence-electron chi connectivity index (χ4n) is 5.09. The number of allylic oxidation sites excluding steroid dienone is 1. The second-order valence-corrected chi connectivity index (χ2v) is 12.6. The van der Waals surface area contributed by atoms with Gasteiger partial charge in [0.25, 0.3) is 0 Å². The van der Waals surface area contributed by atoms with E-state index in [1.807, 2.05) is 101 Å². The molecule has 0 spiro atoms. The molecule has 1 aliphatic rings. The van der Waals surface area contributed by atoms with Crippen molar-refractivity contribution in [2.45, 2.75) is 60.5 Å². The molecular weight excluding hydrogens is 606 g/mol. The highest BCUT2D eigenvalue weighted by atomic mass is 16.6. The third kappa shape index (κ3) is 8.78. The lowest BCUT2D eigenvalue weighted by molar-refractivity contribution is -0.447. The van der Waals surface area contributed by atoms with Gasteiger partial charge in [-0.3, -0.25) is 4.90 Å². The molecule has 0 unspecified atom stereocenters. The minimum absolute atomic E-state index is 0.336. The van der Waals surface area contributed by atoms with Crippen LogP contribution < -0.4 is 19.7 Å². The number of nitrogens with zero attached hydrogens (tertiary/aromatic N) is 6. The molecule has 1 aliphatic heterocycles. The second-order valence-electron chi connectivity index (χ2n) is 12.6. The van der Waals surface area contributed by atoms with Crippen LogP contribution in [0, 0.1) is 20.8 Å². The van der Waals surface area contributed by atoms with Crippen LogP contribution in [0.4, 0.5) is 22.0 Å². The quantitative estimate of drug-likeness (QED) is 0.136. The summed E-state index contributed by atoms with van der Waals surface area (Å²) < 4.78 is 19.8. The molecule has 0 bridgehead atoms. The van der Waals surface area contributed by atoms with E-state index < -0.39 is 5.60 Å². The number of aromatic nitrogens is 2. The SMILES string of the molecule is C=CN(C)c1cnc(Oc2ccc(NC(=N/C=C/CC)c3c(C)cnc([N+]4=CCN(C(=O)OC(C)(C)C)CC4)c3OC)cc2C)cc1C. The molecule has 1 N–H and O–H groups in total. The number of amidine groups is 1. The zero-order chi connectivity index (χ0) is 35.0. The molecular formula is C37H48N7O4+. The number of hydrogen-bond acceptors (Lipinski definition) is 8. The predicted octanol–water partition coefficient (Wildman–Crippen LogP) is 7.53. The summed E-state index contributed by atoms with van der Waals surface area (Å²) in [7, 11) is 3.56. The molecule has 1 amide bonds. The Morgan fingerprint density at radius 3 is 2.52 bits per heavy atom. The van der Waals surface area contributed by atoms with Crippen molar-refractivity contribution >= 4 is 35.3 Å². The number of rotatable bonds is 10. The summed E-state index contributed by atoms with van der Waals surface area (Å²) in [5.41, 5.74) is 4.86. The number of anilines is 2. The van der Waals surface area contributed by atoms with Crippen molar-refractivity contribution in [1.29, 1.82) is 0 Å². The Bertz CT molecular complexity index is 1740. The molecule has 4 rings (SSSR count). The lowest BCUT2D eigenvalue weighted by Crippen LogP contribution is -2.44. The summed E-state index contributed by atoms with van der Waals surface area (Å²) in [4.78, 5) is 30.3.